The quantitative estimate of drug-likeness (QED) is 0.752. The molecule has 0 fully saturated rings. The largest absolute Gasteiger partial charge is 0.466 e. The van der Waals surface area contributed by atoms with Gasteiger partial charge < -0.3 is 10.1 Å². The zero-order valence-corrected chi connectivity index (χ0v) is 16.3. The van der Waals surface area contributed by atoms with E-state index in [0.29, 0.717) is 17.1 Å². The summed E-state index contributed by atoms with van der Waals surface area (Å²) in [4.78, 5) is 12.6. The van der Waals surface area contributed by atoms with Gasteiger partial charge in [-0.1, -0.05) is 57.0 Å². The molecule has 0 bridgehead atoms. The maximum absolute atomic E-state index is 12.6. The van der Waals surface area contributed by atoms with Gasteiger partial charge in [-0.05, 0) is 31.2 Å². The highest BCUT2D eigenvalue weighted by molar-refractivity contribution is 5.93. The molecule has 0 saturated heterocycles. The number of nitrogens with zero attached hydrogens (tertiary/aromatic N) is 1. The van der Waals surface area contributed by atoms with Crippen molar-refractivity contribution in [1.82, 2.24) is 5.32 Å². The monoisotopic (exact) mass is 352 g/mol. The van der Waals surface area contributed by atoms with Crippen LogP contribution in [0.5, 0.6) is 0 Å². The van der Waals surface area contributed by atoms with E-state index in [1.54, 1.807) is 0 Å². The summed E-state index contributed by atoms with van der Waals surface area (Å²) in [6, 6.07) is 10.4. The molecule has 0 aromatic heterocycles. The molecule has 1 aromatic rings. The van der Waals surface area contributed by atoms with Crippen LogP contribution in [-0.4, -0.2) is 13.1 Å². The van der Waals surface area contributed by atoms with Crippen molar-refractivity contribution in [3.63, 3.8) is 0 Å². The van der Waals surface area contributed by atoms with E-state index in [1.807, 2.05) is 31.2 Å². The van der Waals surface area contributed by atoms with Crippen LogP contribution >= 0.6 is 0 Å². The van der Waals surface area contributed by atoms with Gasteiger partial charge in [-0.3, -0.25) is 0 Å². The average Bonchev–Trinajstić information content (AvgIpc) is 2.61. The predicted molar refractivity (Wildman–Crippen MR) is 103 cm³/mol. The number of carbonyl (C=O) groups excluding carboxylic acids is 1. The normalized spacial score (nSPS) is 17.2. The fourth-order valence-corrected chi connectivity index (χ4v) is 3.40. The minimum absolute atomic E-state index is 0.372. The highest BCUT2D eigenvalue weighted by Gasteiger charge is 2.35. The Hall–Kier alpha value is -2.54. The van der Waals surface area contributed by atoms with Crippen molar-refractivity contribution in [3.8, 4) is 6.07 Å². The van der Waals surface area contributed by atoms with Crippen LogP contribution < -0.4 is 5.32 Å². The van der Waals surface area contributed by atoms with Gasteiger partial charge in [0.05, 0.1) is 30.2 Å². The number of hydrogen-bond acceptors (Lipinski definition) is 4. The number of nitrogens with one attached hydrogen (secondary N) is 1. The molecule has 26 heavy (non-hydrogen) atoms. The fraction of sp³-hybridized carbons (Fsp3) is 0.455. The molecule has 4 heteroatoms. The number of carbonyl (C=O) groups is 1. The van der Waals surface area contributed by atoms with Gasteiger partial charge in [-0.15, -0.1) is 0 Å². The van der Waals surface area contributed by atoms with Gasteiger partial charge in [0.1, 0.15) is 0 Å². The maximum atomic E-state index is 12.6. The molecule has 0 amide bonds. The molecule has 138 valence electrons. The summed E-state index contributed by atoms with van der Waals surface area (Å²) in [6.07, 6.45) is 2.42. The topological polar surface area (TPSA) is 62.1 Å². The molecule has 0 radical (unpaired) electrons. The molecule has 1 atom stereocenters. The van der Waals surface area contributed by atoms with E-state index in [-0.39, 0.29) is 11.9 Å². The second-order valence-electron chi connectivity index (χ2n) is 7.20. The number of nitriles is 1. The lowest BCUT2D eigenvalue weighted by Crippen LogP contribution is -2.31. The van der Waals surface area contributed by atoms with Gasteiger partial charge in [0.25, 0.3) is 0 Å². The smallest absolute Gasteiger partial charge is 0.336 e. The molecule has 1 aliphatic heterocycles. The van der Waals surface area contributed by atoms with E-state index in [4.69, 9.17) is 4.74 Å². The Morgan fingerprint density at radius 1 is 1.27 bits per heavy atom. The number of ether oxygens (including phenoxy) is 1. The van der Waals surface area contributed by atoms with Gasteiger partial charge in [-0.25, -0.2) is 4.79 Å². The average molecular weight is 352 g/mol. The lowest BCUT2D eigenvalue weighted by Gasteiger charge is -2.31. The molecule has 1 unspecified atom stereocenters. The van der Waals surface area contributed by atoms with E-state index >= 15 is 0 Å². The number of methoxy groups -OCH3 is 1. The van der Waals surface area contributed by atoms with Gasteiger partial charge >= 0.3 is 5.97 Å². The Labute approximate surface area is 156 Å². The number of rotatable bonds is 6. The standard InChI is InChI=1S/C22H28N2O2/c1-6-7-18-21(22(25)26-5)20(16-10-8-15(4)9-11-16)17(13-23)19(24-18)12-14(2)3/h8-11,14,20,24H,6-7,12H2,1-5H3. The van der Waals surface area contributed by atoms with Crippen LogP contribution in [0.25, 0.3) is 0 Å². The third kappa shape index (κ3) is 4.16. The van der Waals surface area contributed by atoms with E-state index < -0.39 is 0 Å². The second kappa shape index (κ2) is 8.71. The van der Waals surface area contributed by atoms with Crippen molar-refractivity contribution in [1.29, 1.82) is 5.26 Å². The number of aryl methyl sites for hydroxylation is 1. The molecule has 4 nitrogen and oxygen atoms in total. The highest BCUT2D eigenvalue weighted by atomic mass is 16.5. The number of esters is 1. The van der Waals surface area contributed by atoms with Crippen molar-refractivity contribution >= 4 is 5.97 Å². The van der Waals surface area contributed by atoms with E-state index in [0.717, 1.165) is 41.8 Å². The van der Waals surface area contributed by atoms with Crippen molar-refractivity contribution in [2.75, 3.05) is 7.11 Å². The number of dihydropyridines is 1. The first-order chi connectivity index (χ1) is 12.4. The third-order valence-corrected chi connectivity index (χ3v) is 4.58. The van der Waals surface area contributed by atoms with Crippen LogP contribution in [-0.2, 0) is 9.53 Å². The zero-order valence-electron chi connectivity index (χ0n) is 16.3. The van der Waals surface area contributed by atoms with E-state index in [9.17, 15) is 10.1 Å². The van der Waals surface area contributed by atoms with Crippen LogP contribution in [0.15, 0.2) is 46.8 Å². The summed E-state index contributed by atoms with van der Waals surface area (Å²) in [5, 5.41) is 13.3. The Morgan fingerprint density at radius 2 is 1.92 bits per heavy atom. The first-order valence-corrected chi connectivity index (χ1v) is 9.20. The second-order valence-corrected chi connectivity index (χ2v) is 7.20. The molecule has 0 spiro atoms. The molecule has 0 aliphatic carbocycles. The zero-order chi connectivity index (χ0) is 19.3. The van der Waals surface area contributed by atoms with Crippen LogP contribution in [0, 0.1) is 24.2 Å². The Balaban J connectivity index is 2.69. The van der Waals surface area contributed by atoms with Crippen molar-refractivity contribution in [2.45, 2.75) is 52.9 Å². The van der Waals surface area contributed by atoms with Crippen molar-refractivity contribution in [3.05, 3.63) is 57.9 Å². The summed E-state index contributed by atoms with van der Waals surface area (Å²) in [6.45, 7) is 8.36. The molecule has 2 rings (SSSR count). The highest BCUT2D eigenvalue weighted by Crippen LogP contribution is 2.40. The molecule has 1 N–H and O–H groups in total. The van der Waals surface area contributed by atoms with Crippen LogP contribution in [0.2, 0.25) is 0 Å². The van der Waals surface area contributed by atoms with Crippen molar-refractivity contribution < 1.29 is 9.53 Å². The molecular weight excluding hydrogens is 324 g/mol. The Morgan fingerprint density at radius 3 is 2.42 bits per heavy atom. The van der Waals surface area contributed by atoms with Crippen molar-refractivity contribution in [2.24, 2.45) is 5.92 Å². The Kier molecular flexibility index (Phi) is 6.63. The van der Waals surface area contributed by atoms with Gasteiger partial charge in [0.15, 0.2) is 0 Å². The minimum atomic E-state index is -0.385. The van der Waals surface area contributed by atoms with Gasteiger partial charge in [-0.2, -0.15) is 5.26 Å². The third-order valence-electron chi connectivity index (χ3n) is 4.58. The van der Waals surface area contributed by atoms with E-state index in [1.165, 1.54) is 7.11 Å². The molecular formula is C22H28N2O2. The molecule has 1 aliphatic rings. The summed E-state index contributed by atoms with van der Waals surface area (Å²) < 4.78 is 5.08. The first-order valence-electron chi connectivity index (χ1n) is 9.20. The lowest BCUT2D eigenvalue weighted by atomic mass is 9.79. The number of hydrogen-bond donors (Lipinski definition) is 1. The summed E-state index contributed by atoms with van der Waals surface area (Å²) in [5.41, 5.74) is 5.06. The summed E-state index contributed by atoms with van der Waals surface area (Å²) in [5.74, 6) is -0.352. The lowest BCUT2D eigenvalue weighted by molar-refractivity contribution is -0.136. The molecule has 0 saturated carbocycles. The minimum Gasteiger partial charge on any atom is -0.466 e. The maximum Gasteiger partial charge on any atom is 0.336 e. The summed E-state index contributed by atoms with van der Waals surface area (Å²) >= 11 is 0. The predicted octanol–water partition coefficient (Wildman–Crippen LogP) is 4.73. The van der Waals surface area contributed by atoms with E-state index in [2.05, 4.69) is 32.2 Å². The number of allylic oxidation sites excluding steroid dienone is 3. The van der Waals surface area contributed by atoms with Crippen LogP contribution in [0.4, 0.5) is 0 Å². The van der Waals surface area contributed by atoms with Gasteiger partial charge in [0, 0.05) is 11.4 Å². The van der Waals surface area contributed by atoms with Crippen LogP contribution in [0.1, 0.15) is 57.1 Å². The van der Waals surface area contributed by atoms with Gasteiger partial charge in [0.2, 0.25) is 0 Å². The number of benzene rings is 1. The first kappa shape index (κ1) is 19.8. The fourth-order valence-electron chi connectivity index (χ4n) is 3.40. The molecule has 1 heterocycles. The van der Waals surface area contributed by atoms with Crippen LogP contribution in [0.3, 0.4) is 0 Å². The summed E-state index contributed by atoms with van der Waals surface area (Å²) in [7, 11) is 1.39. The Bertz CT molecular complexity index is 764. The SMILES string of the molecule is CCCC1=C(C(=O)OC)C(c2ccc(C)cc2)C(C#N)=C(CC(C)C)N1. The molecule has 1 aromatic carbocycles.